The van der Waals surface area contributed by atoms with Crippen molar-refractivity contribution in [1.29, 1.82) is 0 Å². The molecule has 2 saturated heterocycles. The lowest BCUT2D eigenvalue weighted by atomic mass is 10.1. The Balaban J connectivity index is 1.37. The number of halogens is 2. The van der Waals surface area contributed by atoms with Crippen LogP contribution in [0.25, 0.3) is 0 Å². The van der Waals surface area contributed by atoms with Gasteiger partial charge in [0.2, 0.25) is 0 Å². The van der Waals surface area contributed by atoms with E-state index in [1.54, 1.807) is 6.07 Å². The van der Waals surface area contributed by atoms with Crippen LogP contribution in [0.1, 0.15) is 28.8 Å². The standard InChI is InChI=1S/C29H34F2N8O4S/c1-38-6-8-39(9-7-38)22-2-3-24(26(15-22)35-20-4-10-43-11-5-20)29(40)36-28(33)25-16-23(17-34-27(25)32)44(41,42)37-21-13-18(30)12-19(31)14-21/h2-3,12-17,20,35,37H,4-11H2,1H3,(H2,32,34)(H2,33,36,40)/p+1. The summed E-state index contributed by atoms with van der Waals surface area (Å²) < 4.78 is 60.7. The van der Waals surface area contributed by atoms with Gasteiger partial charge in [0, 0.05) is 63.4 Å². The van der Waals surface area contributed by atoms with Gasteiger partial charge in [0.15, 0.2) is 0 Å². The molecule has 15 heteroatoms. The van der Waals surface area contributed by atoms with Crippen molar-refractivity contribution < 1.29 is 32.1 Å². The first-order valence-electron chi connectivity index (χ1n) is 14.1. The molecule has 7 N–H and O–H groups in total. The van der Waals surface area contributed by atoms with Gasteiger partial charge in [0.05, 0.1) is 16.9 Å². The first-order chi connectivity index (χ1) is 21.0. The number of carbonyl (C=O) groups excluding carboxylic acids is 1. The maximum absolute atomic E-state index is 13.6. The van der Waals surface area contributed by atoms with Crippen LogP contribution in [0.15, 0.2) is 53.6 Å². The fourth-order valence-corrected chi connectivity index (χ4v) is 6.09. The Morgan fingerprint density at radius 2 is 1.70 bits per heavy atom. The number of hydrogen-bond donors (Lipinski definition) is 5. The minimum absolute atomic E-state index is 0.0420. The quantitative estimate of drug-likeness (QED) is 0.181. The van der Waals surface area contributed by atoms with Crippen molar-refractivity contribution >= 4 is 44.6 Å². The van der Waals surface area contributed by atoms with Gasteiger partial charge in [-0.2, -0.15) is 0 Å². The van der Waals surface area contributed by atoms with Gasteiger partial charge in [0.25, 0.3) is 15.9 Å². The van der Waals surface area contributed by atoms with Crippen molar-refractivity contribution in [3.63, 3.8) is 0 Å². The molecule has 1 amide bonds. The summed E-state index contributed by atoms with van der Waals surface area (Å²) in [7, 11) is -2.27. The van der Waals surface area contributed by atoms with Gasteiger partial charge in [-0.05, 0) is 56.3 Å². The molecule has 0 unspecified atom stereocenters. The molecule has 0 saturated carbocycles. The number of anilines is 4. The Labute approximate surface area is 254 Å². The van der Waals surface area contributed by atoms with E-state index in [4.69, 9.17) is 15.9 Å². The van der Waals surface area contributed by atoms with E-state index in [0.29, 0.717) is 30.5 Å². The SMILES string of the molecule is CN1CCN(c2ccc(C(=O)NC(=[NH2+])c3cc(S(=O)(=O)Nc4cc(F)cc(F)c4)cnc3N)c(NC3CCOCC3)c2)CC1. The summed E-state index contributed by atoms with van der Waals surface area (Å²) in [5.74, 6) is -2.82. The molecule has 12 nitrogen and oxygen atoms in total. The normalized spacial score (nSPS) is 16.4. The molecule has 2 aliphatic heterocycles. The van der Waals surface area contributed by atoms with Crippen molar-refractivity contribution in [1.82, 2.24) is 15.2 Å². The number of nitrogens with zero attached hydrogens (tertiary/aromatic N) is 3. The van der Waals surface area contributed by atoms with E-state index in [-0.39, 0.29) is 33.8 Å². The zero-order chi connectivity index (χ0) is 31.4. The number of nitrogen functional groups attached to an aromatic ring is 1. The van der Waals surface area contributed by atoms with Crippen LogP contribution in [0.3, 0.4) is 0 Å². The van der Waals surface area contributed by atoms with E-state index in [1.165, 1.54) is 0 Å². The maximum Gasteiger partial charge on any atom is 0.341 e. The number of amidine groups is 1. The number of piperazine rings is 1. The Kier molecular flexibility index (Phi) is 9.27. The molecule has 2 fully saturated rings. The summed E-state index contributed by atoms with van der Waals surface area (Å²) >= 11 is 0. The van der Waals surface area contributed by atoms with Gasteiger partial charge in [0.1, 0.15) is 27.9 Å². The second-order valence-electron chi connectivity index (χ2n) is 10.8. The van der Waals surface area contributed by atoms with Crippen molar-refractivity contribution in [2.24, 2.45) is 0 Å². The minimum Gasteiger partial charge on any atom is -0.383 e. The molecular weight excluding hydrogens is 594 g/mol. The maximum atomic E-state index is 13.6. The smallest absolute Gasteiger partial charge is 0.341 e. The van der Waals surface area contributed by atoms with Crippen LogP contribution in [-0.2, 0) is 14.8 Å². The number of carbonyl (C=O) groups is 1. The molecule has 3 heterocycles. The zero-order valence-electron chi connectivity index (χ0n) is 24.1. The Hall–Kier alpha value is -4.34. The lowest BCUT2D eigenvalue weighted by Crippen LogP contribution is -2.52. The van der Waals surface area contributed by atoms with Gasteiger partial charge in [-0.3, -0.25) is 10.1 Å². The number of ether oxygens (including phenoxy) is 1. The number of nitrogens with one attached hydrogen (secondary N) is 3. The van der Waals surface area contributed by atoms with Crippen LogP contribution in [0.4, 0.5) is 31.7 Å². The van der Waals surface area contributed by atoms with Crippen LogP contribution in [-0.4, -0.2) is 82.5 Å². The third-order valence-electron chi connectivity index (χ3n) is 7.55. The largest absolute Gasteiger partial charge is 0.383 e. The summed E-state index contributed by atoms with van der Waals surface area (Å²) in [6.45, 7) is 4.80. The van der Waals surface area contributed by atoms with E-state index in [1.807, 2.05) is 12.1 Å². The summed E-state index contributed by atoms with van der Waals surface area (Å²) in [5.41, 5.74) is 7.58. The second-order valence-corrected chi connectivity index (χ2v) is 12.5. The van der Waals surface area contributed by atoms with Crippen molar-refractivity contribution in [2.75, 3.05) is 67.1 Å². The summed E-state index contributed by atoms with van der Waals surface area (Å²) in [6.07, 6.45) is 2.54. The zero-order valence-corrected chi connectivity index (χ0v) is 25.0. The minimum atomic E-state index is -4.35. The Morgan fingerprint density at radius 3 is 2.39 bits per heavy atom. The summed E-state index contributed by atoms with van der Waals surface area (Å²) in [5, 5.41) is 12.3. The number of sulfonamides is 1. The van der Waals surface area contributed by atoms with E-state index >= 15 is 0 Å². The number of aromatic nitrogens is 1. The van der Waals surface area contributed by atoms with Crippen LogP contribution in [0.2, 0.25) is 0 Å². The highest BCUT2D eigenvalue weighted by atomic mass is 32.2. The lowest BCUT2D eigenvalue weighted by molar-refractivity contribution is -0.116. The third-order valence-corrected chi connectivity index (χ3v) is 8.90. The van der Waals surface area contributed by atoms with Gasteiger partial charge < -0.3 is 25.6 Å². The predicted octanol–water partition coefficient (Wildman–Crippen LogP) is 1.02. The van der Waals surface area contributed by atoms with Gasteiger partial charge in [-0.15, -0.1) is 0 Å². The van der Waals surface area contributed by atoms with Crippen LogP contribution in [0, 0.1) is 11.6 Å². The van der Waals surface area contributed by atoms with E-state index in [2.05, 4.69) is 37.2 Å². The van der Waals surface area contributed by atoms with Crippen LogP contribution < -0.4 is 31.4 Å². The average Bonchev–Trinajstić information content (AvgIpc) is 2.97. The summed E-state index contributed by atoms with van der Waals surface area (Å²) in [6, 6.07) is 9.06. The van der Waals surface area contributed by atoms with E-state index in [0.717, 1.165) is 69.1 Å². The third kappa shape index (κ3) is 7.41. The molecule has 0 aliphatic carbocycles. The highest BCUT2D eigenvalue weighted by Crippen LogP contribution is 2.27. The molecule has 0 radical (unpaired) electrons. The molecule has 1 aromatic heterocycles. The lowest BCUT2D eigenvalue weighted by Gasteiger charge is -2.34. The van der Waals surface area contributed by atoms with Crippen molar-refractivity contribution in [2.45, 2.75) is 23.8 Å². The molecular formula is C29H35F2N8O4S+. The molecule has 2 aliphatic rings. The molecule has 2 aromatic carbocycles. The topological polar surface area (TPSA) is 168 Å². The number of nitrogens with two attached hydrogens (primary N) is 2. The first-order valence-corrected chi connectivity index (χ1v) is 15.6. The highest BCUT2D eigenvalue weighted by Gasteiger charge is 2.26. The predicted molar refractivity (Wildman–Crippen MR) is 163 cm³/mol. The number of benzene rings is 2. The summed E-state index contributed by atoms with van der Waals surface area (Å²) in [4.78, 5) is 21.6. The Morgan fingerprint density at radius 1 is 1.02 bits per heavy atom. The average molecular weight is 630 g/mol. The fraction of sp³-hybridized carbons (Fsp3) is 0.345. The molecule has 3 aromatic rings. The number of rotatable bonds is 8. The molecule has 0 spiro atoms. The molecule has 5 rings (SSSR count). The van der Waals surface area contributed by atoms with E-state index in [9.17, 15) is 22.0 Å². The number of hydrogen-bond acceptors (Lipinski definition) is 9. The Bertz CT molecular complexity index is 1640. The number of amides is 1. The molecule has 0 bridgehead atoms. The number of pyridine rings is 1. The first kappa shape index (κ1) is 31.1. The second kappa shape index (κ2) is 13.1. The van der Waals surface area contributed by atoms with Crippen molar-refractivity contribution in [3.05, 3.63) is 71.4 Å². The fourth-order valence-electron chi connectivity index (χ4n) is 5.08. The highest BCUT2D eigenvalue weighted by molar-refractivity contribution is 7.92. The van der Waals surface area contributed by atoms with E-state index < -0.39 is 27.6 Å². The van der Waals surface area contributed by atoms with Crippen LogP contribution in [0.5, 0.6) is 0 Å². The monoisotopic (exact) mass is 629 g/mol. The number of likely N-dealkylation sites (N-methyl/N-ethyl adjacent to an activating group) is 1. The van der Waals surface area contributed by atoms with Gasteiger partial charge in [-0.25, -0.2) is 32.3 Å². The van der Waals surface area contributed by atoms with Crippen molar-refractivity contribution in [3.8, 4) is 0 Å². The molecule has 44 heavy (non-hydrogen) atoms. The van der Waals surface area contributed by atoms with Gasteiger partial charge in [-0.1, -0.05) is 0 Å². The van der Waals surface area contributed by atoms with Gasteiger partial charge >= 0.3 is 5.91 Å². The molecule has 234 valence electrons. The molecule has 0 atom stereocenters. The van der Waals surface area contributed by atoms with Crippen LogP contribution >= 0.6 is 0 Å².